The van der Waals surface area contributed by atoms with Crippen LogP contribution in [-0.4, -0.2) is 44.0 Å². The molecule has 8 heteroatoms. The van der Waals surface area contributed by atoms with Crippen LogP contribution in [0.4, 0.5) is 0 Å². The molecule has 0 aliphatic carbocycles. The summed E-state index contributed by atoms with van der Waals surface area (Å²) in [4.78, 5) is 29.1. The van der Waals surface area contributed by atoms with Crippen LogP contribution in [0.25, 0.3) is 10.6 Å². The van der Waals surface area contributed by atoms with Crippen molar-refractivity contribution in [3.05, 3.63) is 50.7 Å². The minimum Gasteiger partial charge on any atom is -0.386 e. The SMILES string of the molecule is Cc1nc(C(C)O)sc1-c1csc(Cc2ccc(C(=O)N3CCCCC3)cn2)n1. The summed E-state index contributed by atoms with van der Waals surface area (Å²) in [5.41, 5.74) is 3.33. The third-order valence-electron chi connectivity index (χ3n) is 5.00. The van der Waals surface area contributed by atoms with Crippen molar-refractivity contribution in [2.24, 2.45) is 0 Å². The maximum absolute atomic E-state index is 12.6. The number of amides is 1. The number of carbonyl (C=O) groups is 1. The number of aryl methyl sites for hydroxylation is 1. The van der Waals surface area contributed by atoms with Crippen LogP contribution < -0.4 is 0 Å². The first-order valence-electron chi connectivity index (χ1n) is 9.85. The molecule has 1 N–H and O–H groups in total. The number of aliphatic hydroxyl groups is 1. The third-order valence-corrected chi connectivity index (χ3v) is 7.20. The lowest BCUT2D eigenvalue weighted by Gasteiger charge is -2.26. The molecular formula is C21H24N4O2S2. The van der Waals surface area contributed by atoms with Crippen LogP contribution in [0, 0.1) is 6.92 Å². The summed E-state index contributed by atoms with van der Waals surface area (Å²) in [6.07, 6.45) is 5.12. The zero-order valence-electron chi connectivity index (χ0n) is 16.6. The van der Waals surface area contributed by atoms with Crippen molar-refractivity contribution in [3.8, 4) is 10.6 Å². The third kappa shape index (κ3) is 4.55. The van der Waals surface area contributed by atoms with E-state index in [-0.39, 0.29) is 5.91 Å². The van der Waals surface area contributed by atoms with Gasteiger partial charge in [-0.2, -0.15) is 0 Å². The smallest absolute Gasteiger partial charge is 0.255 e. The number of rotatable bonds is 5. The van der Waals surface area contributed by atoms with Crippen LogP contribution in [0.2, 0.25) is 0 Å². The second-order valence-corrected chi connectivity index (χ2v) is 9.31. The van der Waals surface area contributed by atoms with Crippen LogP contribution in [0.1, 0.15) is 64.1 Å². The largest absolute Gasteiger partial charge is 0.386 e. The Morgan fingerprint density at radius 3 is 2.69 bits per heavy atom. The number of hydrogen-bond acceptors (Lipinski definition) is 7. The first-order valence-corrected chi connectivity index (χ1v) is 11.6. The quantitative estimate of drug-likeness (QED) is 0.657. The molecule has 1 aliphatic heterocycles. The van der Waals surface area contributed by atoms with Gasteiger partial charge in [0, 0.05) is 36.8 Å². The van der Waals surface area contributed by atoms with Gasteiger partial charge in [-0.05, 0) is 45.2 Å². The average Bonchev–Trinajstić information content (AvgIpc) is 3.35. The number of aliphatic hydroxyl groups excluding tert-OH is 1. The number of hydrogen-bond donors (Lipinski definition) is 1. The molecule has 4 rings (SSSR count). The highest BCUT2D eigenvalue weighted by Crippen LogP contribution is 2.33. The van der Waals surface area contributed by atoms with Gasteiger partial charge >= 0.3 is 0 Å². The number of nitrogens with zero attached hydrogens (tertiary/aromatic N) is 4. The van der Waals surface area contributed by atoms with Gasteiger partial charge in [0.1, 0.15) is 11.1 Å². The van der Waals surface area contributed by atoms with Crippen molar-refractivity contribution >= 4 is 28.6 Å². The highest BCUT2D eigenvalue weighted by atomic mass is 32.1. The number of likely N-dealkylation sites (tertiary alicyclic amines) is 1. The Morgan fingerprint density at radius 2 is 2.03 bits per heavy atom. The molecule has 1 fully saturated rings. The monoisotopic (exact) mass is 428 g/mol. The fourth-order valence-corrected chi connectivity index (χ4v) is 5.26. The van der Waals surface area contributed by atoms with Gasteiger partial charge < -0.3 is 10.0 Å². The molecule has 152 valence electrons. The van der Waals surface area contributed by atoms with Crippen LogP contribution in [0.15, 0.2) is 23.7 Å². The summed E-state index contributed by atoms with van der Waals surface area (Å²) in [5.74, 6) is 0.0786. The Morgan fingerprint density at radius 1 is 1.24 bits per heavy atom. The van der Waals surface area contributed by atoms with Crippen LogP contribution in [0.5, 0.6) is 0 Å². The van der Waals surface area contributed by atoms with Crippen LogP contribution in [0.3, 0.4) is 0 Å². The van der Waals surface area contributed by atoms with E-state index in [4.69, 9.17) is 4.98 Å². The Labute approximate surface area is 178 Å². The minimum absolute atomic E-state index is 0.0786. The number of pyridine rings is 1. The first kappa shape index (κ1) is 20.1. The van der Waals surface area contributed by atoms with Gasteiger partial charge in [0.25, 0.3) is 5.91 Å². The highest BCUT2D eigenvalue weighted by Gasteiger charge is 2.19. The van der Waals surface area contributed by atoms with Gasteiger partial charge in [-0.3, -0.25) is 9.78 Å². The van der Waals surface area contributed by atoms with Crippen molar-refractivity contribution in [1.29, 1.82) is 0 Å². The van der Waals surface area contributed by atoms with E-state index in [1.165, 1.54) is 17.8 Å². The molecule has 1 saturated heterocycles. The fourth-order valence-electron chi connectivity index (χ4n) is 3.42. The molecule has 4 heterocycles. The summed E-state index contributed by atoms with van der Waals surface area (Å²) in [6.45, 7) is 5.35. The van der Waals surface area contributed by atoms with E-state index in [0.29, 0.717) is 17.0 Å². The number of carbonyl (C=O) groups excluding carboxylic acids is 1. The predicted octanol–water partition coefficient (Wildman–Crippen LogP) is 4.24. The Hall–Kier alpha value is -2.16. The van der Waals surface area contributed by atoms with Crippen LogP contribution >= 0.6 is 22.7 Å². The summed E-state index contributed by atoms with van der Waals surface area (Å²) < 4.78 is 0. The molecule has 1 amide bonds. The molecule has 1 atom stereocenters. The number of aromatic nitrogens is 3. The summed E-state index contributed by atoms with van der Waals surface area (Å²) in [7, 11) is 0. The zero-order valence-corrected chi connectivity index (χ0v) is 18.2. The molecule has 0 radical (unpaired) electrons. The van der Waals surface area contributed by atoms with Gasteiger partial charge in [-0.25, -0.2) is 9.97 Å². The van der Waals surface area contributed by atoms with E-state index < -0.39 is 6.10 Å². The second kappa shape index (κ2) is 8.69. The van der Waals surface area contributed by atoms with E-state index in [0.717, 1.165) is 52.9 Å². The van der Waals surface area contributed by atoms with Gasteiger partial charge in [0.2, 0.25) is 0 Å². The van der Waals surface area contributed by atoms with Gasteiger partial charge in [0.05, 0.1) is 26.8 Å². The van der Waals surface area contributed by atoms with E-state index in [1.807, 2.05) is 29.3 Å². The average molecular weight is 429 g/mol. The molecule has 6 nitrogen and oxygen atoms in total. The normalized spacial score (nSPS) is 15.5. The van der Waals surface area contributed by atoms with Gasteiger partial charge in [-0.1, -0.05) is 0 Å². The summed E-state index contributed by atoms with van der Waals surface area (Å²) in [6, 6.07) is 3.79. The maximum atomic E-state index is 12.6. The van der Waals surface area contributed by atoms with E-state index >= 15 is 0 Å². The topological polar surface area (TPSA) is 79.2 Å². The predicted molar refractivity (Wildman–Crippen MR) is 115 cm³/mol. The maximum Gasteiger partial charge on any atom is 0.255 e. The van der Waals surface area contributed by atoms with E-state index in [2.05, 4.69) is 9.97 Å². The first-order chi connectivity index (χ1) is 14.0. The van der Waals surface area contributed by atoms with E-state index in [1.54, 1.807) is 24.5 Å². The van der Waals surface area contributed by atoms with Crippen LogP contribution in [-0.2, 0) is 6.42 Å². The lowest BCUT2D eigenvalue weighted by Crippen LogP contribution is -2.35. The van der Waals surface area contributed by atoms with Crippen molar-refractivity contribution < 1.29 is 9.90 Å². The molecule has 0 saturated carbocycles. The lowest BCUT2D eigenvalue weighted by molar-refractivity contribution is 0.0724. The van der Waals surface area contributed by atoms with E-state index in [9.17, 15) is 9.90 Å². The van der Waals surface area contributed by atoms with Gasteiger partial charge in [0.15, 0.2) is 0 Å². The van der Waals surface area contributed by atoms with Crippen molar-refractivity contribution in [1.82, 2.24) is 19.9 Å². The van der Waals surface area contributed by atoms with Crippen molar-refractivity contribution in [2.45, 2.75) is 45.6 Å². The van der Waals surface area contributed by atoms with Gasteiger partial charge in [-0.15, -0.1) is 22.7 Å². The highest BCUT2D eigenvalue weighted by molar-refractivity contribution is 7.16. The Kier molecular flexibility index (Phi) is 6.03. The molecule has 1 aliphatic rings. The molecule has 29 heavy (non-hydrogen) atoms. The minimum atomic E-state index is -0.569. The molecule has 0 spiro atoms. The summed E-state index contributed by atoms with van der Waals surface area (Å²) >= 11 is 3.07. The molecule has 0 aromatic carbocycles. The Balaban J connectivity index is 1.44. The van der Waals surface area contributed by atoms with Crippen molar-refractivity contribution in [2.75, 3.05) is 13.1 Å². The standard InChI is InChI=1S/C21H24N4O2S2/c1-13-19(29-20(23-13)14(2)26)17-12-28-18(24-17)10-16-7-6-15(11-22-16)21(27)25-8-4-3-5-9-25/h6-7,11-12,14,26H,3-5,8-10H2,1-2H3. The Bertz CT molecular complexity index is 989. The zero-order chi connectivity index (χ0) is 20.4. The molecule has 3 aromatic rings. The molecule has 1 unspecified atom stereocenters. The number of thiazole rings is 2. The molecular weight excluding hydrogens is 404 g/mol. The molecule has 3 aromatic heterocycles. The summed E-state index contributed by atoms with van der Waals surface area (Å²) in [5, 5.41) is 13.4. The molecule has 0 bridgehead atoms. The fraction of sp³-hybridized carbons (Fsp3) is 0.429. The second-order valence-electron chi connectivity index (χ2n) is 7.34. The lowest BCUT2D eigenvalue weighted by atomic mass is 10.1. The number of piperidine rings is 1. The van der Waals surface area contributed by atoms with Crippen molar-refractivity contribution in [3.63, 3.8) is 0 Å².